The van der Waals surface area contributed by atoms with Gasteiger partial charge < -0.3 is 8.90 Å². The van der Waals surface area contributed by atoms with Gasteiger partial charge in [0.05, 0.1) is 5.75 Å². The fourth-order valence-corrected chi connectivity index (χ4v) is 2.92. The third-order valence-corrected chi connectivity index (χ3v) is 4.51. The van der Waals surface area contributed by atoms with E-state index >= 15 is 0 Å². The molecule has 4 aromatic rings. The number of nitrogens with zero attached hydrogens (tertiary/aromatic N) is 1. The van der Waals surface area contributed by atoms with E-state index in [9.17, 15) is 5.11 Å². The molecule has 4 rings (SSSR count). The molecule has 0 saturated heterocycles. The minimum atomic E-state index is 0.246. The molecule has 0 aliphatic heterocycles. The van der Waals surface area contributed by atoms with Gasteiger partial charge in [-0.2, -0.15) is 0 Å². The van der Waals surface area contributed by atoms with Gasteiger partial charge in [0.25, 0.3) is 0 Å². The summed E-state index contributed by atoms with van der Waals surface area (Å²) in [6.45, 7) is 1.91. The second-order valence-corrected chi connectivity index (χ2v) is 6.30. The van der Waals surface area contributed by atoms with Gasteiger partial charge in [0.2, 0.25) is 0 Å². The number of rotatable bonds is 2. The Kier molecular flexibility index (Phi) is 5.91. The van der Waals surface area contributed by atoms with Crippen LogP contribution in [0.5, 0.6) is 11.5 Å². The lowest BCUT2D eigenvalue weighted by Gasteiger charge is -2.04. The highest BCUT2D eigenvalue weighted by molar-refractivity contribution is 6.00. The van der Waals surface area contributed by atoms with Crippen LogP contribution in [-0.4, -0.2) is 26.7 Å². The van der Waals surface area contributed by atoms with E-state index < -0.39 is 0 Å². The molecule has 0 fully saturated rings. The number of aryl methyl sites for hydroxylation is 1. The third-order valence-electron chi connectivity index (χ3n) is 4.04. The van der Waals surface area contributed by atoms with Crippen molar-refractivity contribution in [3.63, 3.8) is 0 Å². The number of phenols is 1. The topological polar surface area (TPSA) is 42.4 Å². The summed E-state index contributed by atoms with van der Waals surface area (Å²) in [7, 11) is 0. The standard InChI is InChI=1S/C12H10O.C10H9NO.Al.2H/c13-12-8-6-11(7-9-12)10-4-2-1-3-5-10;1-7-5-6-8-3-2-4-9(12)10(8)11-7;;;/h1-9,13H;2-6,12H,1H3;;;/q;;+1;;/p-1. The number of hydrogen-bond acceptors (Lipinski definition) is 3. The van der Waals surface area contributed by atoms with E-state index in [1.54, 1.807) is 6.07 Å². The van der Waals surface area contributed by atoms with Crippen molar-refractivity contribution in [1.29, 1.82) is 0 Å². The maximum absolute atomic E-state index is 9.43. The van der Waals surface area contributed by atoms with Crippen LogP contribution in [-0.2, 0) is 0 Å². The van der Waals surface area contributed by atoms with Crippen LogP contribution in [0.2, 0.25) is 0 Å². The van der Waals surface area contributed by atoms with Crippen molar-refractivity contribution in [3.8, 4) is 22.6 Å². The summed E-state index contributed by atoms with van der Waals surface area (Å²) in [4.78, 5) is 4.23. The minimum absolute atomic E-state index is 0.246. The maximum atomic E-state index is 9.43. The van der Waals surface area contributed by atoms with E-state index in [0.29, 0.717) is 5.52 Å². The third kappa shape index (κ3) is 4.43. The van der Waals surface area contributed by atoms with Gasteiger partial charge in [-0.15, -0.1) is 0 Å². The van der Waals surface area contributed by atoms with E-state index in [-0.39, 0.29) is 5.75 Å². The molecule has 26 heavy (non-hydrogen) atoms. The summed E-state index contributed by atoms with van der Waals surface area (Å²) in [6, 6.07) is 27.8. The average molecular weight is 357 g/mol. The van der Waals surface area contributed by atoms with Gasteiger partial charge in [0.15, 0.2) is 0 Å². The zero-order valence-electron chi connectivity index (χ0n) is 14.9. The van der Waals surface area contributed by atoms with Crippen molar-refractivity contribution in [2.75, 3.05) is 0 Å². The van der Waals surface area contributed by atoms with E-state index in [1.807, 2.05) is 61.5 Å². The molecule has 0 saturated carbocycles. The molecule has 128 valence electrons. The molecule has 0 spiro atoms. The van der Waals surface area contributed by atoms with Crippen LogP contribution in [0.25, 0.3) is 22.0 Å². The highest BCUT2D eigenvalue weighted by Crippen LogP contribution is 2.22. The first kappa shape index (κ1) is 18.0. The molecular weight excluding hydrogens is 337 g/mol. The van der Waals surface area contributed by atoms with Crippen molar-refractivity contribution in [1.82, 2.24) is 4.98 Å². The van der Waals surface area contributed by atoms with Crippen molar-refractivity contribution in [3.05, 3.63) is 90.6 Å². The Labute approximate surface area is 161 Å². The Hall–Kier alpha value is -2.80. The van der Waals surface area contributed by atoms with Gasteiger partial charge in [-0.1, -0.05) is 60.7 Å². The number of benzene rings is 3. The molecule has 0 bridgehead atoms. The number of aromatic nitrogens is 1. The fraction of sp³-hybridized carbons (Fsp3) is 0.0455. The Balaban J connectivity index is 0.000000152. The SMILES string of the molecule is Cc1ccc2cccc(O)c2n1.[AlH2][O]c1ccc(-c2ccccc2)cc1. The molecule has 3 nitrogen and oxygen atoms in total. The predicted octanol–water partition coefficient (Wildman–Crippen LogP) is 4.53. The van der Waals surface area contributed by atoms with E-state index in [4.69, 9.17) is 3.79 Å². The normalized spacial score (nSPS) is 10.0. The van der Waals surface area contributed by atoms with Gasteiger partial charge in [-0.3, -0.25) is 0 Å². The van der Waals surface area contributed by atoms with Gasteiger partial charge in [0, 0.05) is 11.1 Å². The molecule has 1 aromatic heterocycles. The Morgan fingerprint density at radius 1 is 0.769 bits per heavy atom. The van der Waals surface area contributed by atoms with Crippen molar-refractivity contribution < 1.29 is 8.90 Å². The summed E-state index contributed by atoms with van der Waals surface area (Å²) in [5.41, 5.74) is 4.07. The first-order valence-corrected chi connectivity index (χ1v) is 9.24. The van der Waals surface area contributed by atoms with E-state index in [2.05, 4.69) is 29.2 Å². The molecule has 1 heterocycles. The quantitative estimate of drug-likeness (QED) is 0.536. The summed E-state index contributed by atoms with van der Waals surface area (Å²) in [5, 5.41) is 10.4. The Bertz CT molecular complexity index is 986. The lowest BCUT2D eigenvalue weighted by molar-refractivity contribution is 0.480. The molecule has 0 aliphatic rings. The fourth-order valence-electron chi connectivity index (χ4n) is 2.64. The zero-order valence-corrected chi connectivity index (χ0v) is 16.9. The molecular formula is C22H20AlNO2. The van der Waals surface area contributed by atoms with Crippen molar-refractivity contribution in [2.24, 2.45) is 0 Å². The van der Waals surface area contributed by atoms with E-state index in [1.165, 1.54) is 11.1 Å². The molecule has 0 aliphatic carbocycles. The number of pyridine rings is 1. The molecule has 4 heteroatoms. The van der Waals surface area contributed by atoms with Crippen LogP contribution in [0.1, 0.15) is 5.69 Å². The summed E-state index contributed by atoms with van der Waals surface area (Å²) in [5.74, 6) is 1.20. The largest absolute Gasteiger partial charge is 0.647 e. The zero-order chi connectivity index (χ0) is 18.4. The van der Waals surface area contributed by atoms with Gasteiger partial charge in [-0.25, -0.2) is 4.98 Å². The highest BCUT2D eigenvalue weighted by Gasteiger charge is 1.99. The maximum Gasteiger partial charge on any atom is 0.496 e. The first-order chi connectivity index (χ1) is 12.7. The number of para-hydroxylation sites is 1. The van der Waals surface area contributed by atoms with Crippen LogP contribution in [0.3, 0.4) is 0 Å². The summed E-state index contributed by atoms with van der Waals surface area (Å²) >= 11 is 0.745. The van der Waals surface area contributed by atoms with Crippen LogP contribution in [0, 0.1) is 6.92 Å². The monoisotopic (exact) mass is 357 g/mol. The number of fused-ring (bicyclic) bond motifs is 1. The van der Waals surface area contributed by atoms with Crippen LogP contribution >= 0.6 is 0 Å². The average Bonchev–Trinajstić information content (AvgIpc) is 2.70. The second kappa shape index (κ2) is 8.53. The molecule has 0 unspecified atom stereocenters. The molecule has 0 radical (unpaired) electrons. The smallest absolute Gasteiger partial charge is 0.496 e. The summed E-state index contributed by atoms with van der Waals surface area (Å²) < 4.78 is 5.24. The summed E-state index contributed by atoms with van der Waals surface area (Å²) in [6.07, 6.45) is 0. The van der Waals surface area contributed by atoms with Gasteiger partial charge in [0.1, 0.15) is 11.3 Å². The first-order valence-electron chi connectivity index (χ1n) is 8.42. The predicted molar refractivity (Wildman–Crippen MR) is 109 cm³/mol. The lowest BCUT2D eigenvalue weighted by atomic mass is 10.1. The Morgan fingerprint density at radius 3 is 2.15 bits per heavy atom. The minimum Gasteiger partial charge on any atom is -0.647 e. The van der Waals surface area contributed by atoms with Crippen molar-refractivity contribution in [2.45, 2.75) is 6.92 Å². The van der Waals surface area contributed by atoms with Crippen LogP contribution in [0.4, 0.5) is 0 Å². The number of aromatic hydroxyl groups is 1. The highest BCUT2D eigenvalue weighted by atomic mass is 27.1. The number of phenolic OH excluding ortho intramolecular Hbond substituents is 1. The Morgan fingerprint density at radius 2 is 1.46 bits per heavy atom. The lowest BCUT2D eigenvalue weighted by Crippen LogP contribution is -1.84. The molecule has 0 amide bonds. The van der Waals surface area contributed by atoms with Gasteiger partial charge >= 0.3 is 16.6 Å². The second-order valence-electron chi connectivity index (χ2n) is 5.90. The van der Waals surface area contributed by atoms with Gasteiger partial charge in [-0.05, 0) is 42.3 Å². The van der Waals surface area contributed by atoms with Crippen LogP contribution in [0.15, 0.2) is 84.9 Å². The molecule has 0 atom stereocenters. The number of hydrogen-bond donors (Lipinski definition) is 1. The van der Waals surface area contributed by atoms with E-state index in [0.717, 1.165) is 33.5 Å². The molecule has 3 aromatic carbocycles. The molecule has 1 N–H and O–H groups in total. The van der Waals surface area contributed by atoms with Crippen LogP contribution < -0.4 is 3.79 Å². The van der Waals surface area contributed by atoms with Crippen molar-refractivity contribution >= 4 is 27.5 Å².